The molecule has 0 aliphatic heterocycles. The topological polar surface area (TPSA) is 52.5 Å². The highest BCUT2D eigenvalue weighted by Crippen LogP contribution is 2.23. The third-order valence-electron chi connectivity index (χ3n) is 2.32. The molecule has 0 aliphatic rings. The molecule has 3 nitrogen and oxygen atoms in total. The van der Waals surface area contributed by atoms with Crippen LogP contribution >= 0.6 is 0 Å². The molecular weight excluding hydrogens is 190 g/mol. The second-order valence-corrected chi connectivity index (χ2v) is 3.96. The molecule has 0 spiro atoms. The molecule has 1 rings (SSSR count). The summed E-state index contributed by atoms with van der Waals surface area (Å²) < 4.78 is 0. The number of hydrogen-bond acceptors (Lipinski definition) is 3. The third-order valence-corrected chi connectivity index (χ3v) is 2.32. The van der Waals surface area contributed by atoms with Crippen LogP contribution in [0.4, 0.5) is 5.69 Å². The smallest absolute Gasteiger partial charge is 0.0942 e. The molecule has 0 bridgehead atoms. The highest BCUT2D eigenvalue weighted by atomic mass is 16.3. The van der Waals surface area contributed by atoms with Gasteiger partial charge in [-0.1, -0.05) is 32.0 Å². The first kappa shape index (κ1) is 12.0. The molecule has 3 heteroatoms. The van der Waals surface area contributed by atoms with E-state index in [0.717, 1.165) is 5.69 Å². The van der Waals surface area contributed by atoms with Crippen LogP contribution in [0.5, 0.6) is 0 Å². The van der Waals surface area contributed by atoms with E-state index >= 15 is 0 Å². The summed E-state index contributed by atoms with van der Waals surface area (Å²) in [4.78, 5) is 0. The third kappa shape index (κ3) is 3.53. The van der Waals surface area contributed by atoms with Crippen LogP contribution in [-0.2, 0) is 0 Å². The Balaban J connectivity index is 2.67. The monoisotopic (exact) mass is 209 g/mol. The van der Waals surface area contributed by atoms with Crippen molar-refractivity contribution in [1.82, 2.24) is 0 Å². The van der Waals surface area contributed by atoms with E-state index in [2.05, 4.69) is 25.2 Å². The lowest BCUT2D eigenvalue weighted by atomic mass is 10.0. The number of benzene rings is 1. The largest absolute Gasteiger partial charge is 0.394 e. The lowest BCUT2D eigenvalue weighted by Gasteiger charge is -2.16. The van der Waals surface area contributed by atoms with Crippen LogP contribution in [0.3, 0.4) is 0 Å². The van der Waals surface area contributed by atoms with E-state index in [1.54, 1.807) is 0 Å². The Labute approximate surface area is 90.8 Å². The lowest BCUT2D eigenvalue weighted by Crippen LogP contribution is -2.23. The Morgan fingerprint density at radius 3 is 2.53 bits per heavy atom. The van der Waals surface area contributed by atoms with Crippen LogP contribution in [0.2, 0.25) is 0 Å². The number of anilines is 1. The van der Waals surface area contributed by atoms with Gasteiger partial charge in [0.05, 0.1) is 12.7 Å². The van der Waals surface area contributed by atoms with Crippen molar-refractivity contribution >= 4 is 5.69 Å². The molecule has 1 aromatic rings. The van der Waals surface area contributed by atoms with Gasteiger partial charge in [0.25, 0.3) is 0 Å². The van der Waals surface area contributed by atoms with Gasteiger partial charge in [0, 0.05) is 12.2 Å². The summed E-state index contributed by atoms with van der Waals surface area (Å²) in [5, 5.41) is 21.1. The molecule has 0 aliphatic carbocycles. The summed E-state index contributed by atoms with van der Waals surface area (Å²) in [7, 11) is 0. The van der Waals surface area contributed by atoms with Crippen LogP contribution in [0.1, 0.15) is 25.3 Å². The van der Waals surface area contributed by atoms with Crippen molar-refractivity contribution in [3.05, 3.63) is 29.8 Å². The van der Waals surface area contributed by atoms with Crippen molar-refractivity contribution in [3.63, 3.8) is 0 Å². The quantitative estimate of drug-likeness (QED) is 0.690. The molecule has 0 saturated heterocycles. The highest BCUT2D eigenvalue weighted by Gasteiger charge is 2.07. The number of rotatable bonds is 5. The molecule has 0 fully saturated rings. The first-order valence-electron chi connectivity index (χ1n) is 5.27. The summed E-state index contributed by atoms with van der Waals surface area (Å²) in [5.41, 5.74) is 2.25. The molecule has 0 amide bonds. The fourth-order valence-corrected chi connectivity index (χ4v) is 1.45. The number of para-hydroxylation sites is 1. The zero-order chi connectivity index (χ0) is 11.3. The summed E-state index contributed by atoms with van der Waals surface area (Å²) in [6.07, 6.45) is -0.704. The number of nitrogens with one attached hydrogen (secondary N) is 1. The number of hydrogen-bond donors (Lipinski definition) is 3. The van der Waals surface area contributed by atoms with E-state index in [1.807, 2.05) is 18.2 Å². The van der Waals surface area contributed by atoms with Crippen LogP contribution in [-0.4, -0.2) is 29.5 Å². The molecule has 84 valence electrons. The van der Waals surface area contributed by atoms with Gasteiger partial charge in [0.1, 0.15) is 0 Å². The normalized spacial score (nSPS) is 12.9. The fourth-order valence-electron chi connectivity index (χ4n) is 1.45. The predicted molar refractivity (Wildman–Crippen MR) is 62.1 cm³/mol. The van der Waals surface area contributed by atoms with Gasteiger partial charge >= 0.3 is 0 Å². The summed E-state index contributed by atoms with van der Waals surface area (Å²) in [5.74, 6) is 0.444. The summed E-state index contributed by atoms with van der Waals surface area (Å²) >= 11 is 0. The molecule has 15 heavy (non-hydrogen) atoms. The minimum atomic E-state index is -0.704. The highest BCUT2D eigenvalue weighted by molar-refractivity contribution is 5.52. The average Bonchev–Trinajstić information content (AvgIpc) is 2.26. The maximum atomic E-state index is 9.24. The molecule has 1 unspecified atom stereocenters. The molecule has 1 atom stereocenters. The van der Waals surface area contributed by atoms with E-state index in [9.17, 15) is 5.11 Å². The van der Waals surface area contributed by atoms with Crippen LogP contribution in [0.15, 0.2) is 24.3 Å². The minimum Gasteiger partial charge on any atom is -0.394 e. The van der Waals surface area contributed by atoms with E-state index in [1.165, 1.54) is 5.56 Å². The second-order valence-electron chi connectivity index (χ2n) is 3.96. The van der Waals surface area contributed by atoms with Gasteiger partial charge in [-0.2, -0.15) is 0 Å². The van der Waals surface area contributed by atoms with E-state index in [-0.39, 0.29) is 6.61 Å². The van der Waals surface area contributed by atoms with E-state index < -0.39 is 6.10 Å². The van der Waals surface area contributed by atoms with Gasteiger partial charge in [-0.3, -0.25) is 0 Å². The van der Waals surface area contributed by atoms with Crippen molar-refractivity contribution < 1.29 is 10.2 Å². The fraction of sp³-hybridized carbons (Fsp3) is 0.500. The van der Waals surface area contributed by atoms with Gasteiger partial charge in [0.2, 0.25) is 0 Å². The Morgan fingerprint density at radius 2 is 1.93 bits per heavy atom. The van der Waals surface area contributed by atoms with Crippen molar-refractivity contribution in [2.24, 2.45) is 0 Å². The second kappa shape index (κ2) is 5.73. The molecule has 0 saturated carbocycles. The predicted octanol–water partition coefficient (Wildman–Crippen LogP) is 1.58. The van der Waals surface area contributed by atoms with Gasteiger partial charge < -0.3 is 15.5 Å². The zero-order valence-corrected chi connectivity index (χ0v) is 9.27. The van der Waals surface area contributed by atoms with Gasteiger partial charge in [0.15, 0.2) is 0 Å². The number of aliphatic hydroxyl groups excluding tert-OH is 2. The van der Waals surface area contributed by atoms with E-state index in [0.29, 0.717) is 12.5 Å². The molecule has 0 heterocycles. The summed E-state index contributed by atoms with van der Waals surface area (Å²) in [6, 6.07) is 8.01. The molecule has 0 aromatic heterocycles. The van der Waals surface area contributed by atoms with Crippen LogP contribution in [0.25, 0.3) is 0 Å². The molecule has 1 aromatic carbocycles. The van der Waals surface area contributed by atoms with Crippen molar-refractivity contribution in [1.29, 1.82) is 0 Å². The lowest BCUT2D eigenvalue weighted by molar-refractivity contribution is 0.105. The van der Waals surface area contributed by atoms with Crippen LogP contribution < -0.4 is 5.32 Å². The maximum absolute atomic E-state index is 9.24. The molecule has 0 radical (unpaired) electrons. The maximum Gasteiger partial charge on any atom is 0.0942 e. The Bertz CT molecular complexity index is 299. The molecular formula is C12H19NO2. The van der Waals surface area contributed by atoms with Crippen LogP contribution in [0, 0.1) is 0 Å². The Hall–Kier alpha value is -1.06. The minimum absolute atomic E-state index is 0.211. The van der Waals surface area contributed by atoms with Gasteiger partial charge in [-0.25, -0.2) is 0 Å². The Morgan fingerprint density at radius 1 is 1.27 bits per heavy atom. The van der Waals surface area contributed by atoms with Gasteiger partial charge in [-0.15, -0.1) is 0 Å². The zero-order valence-electron chi connectivity index (χ0n) is 9.27. The average molecular weight is 209 g/mol. The Kier molecular flexibility index (Phi) is 4.59. The molecule has 3 N–H and O–H groups in total. The van der Waals surface area contributed by atoms with Gasteiger partial charge in [-0.05, 0) is 17.5 Å². The van der Waals surface area contributed by atoms with Crippen molar-refractivity contribution in [2.75, 3.05) is 18.5 Å². The van der Waals surface area contributed by atoms with Crippen molar-refractivity contribution in [3.8, 4) is 0 Å². The number of aliphatic hydroxyl groups is 2. The summed E-state index contributed by atoms with van der Waals surface area (Å²) in [6.45, 7) is 4.42. The SMILES string of the molecule is CC(C)c1ccccc1NCC(O)CO. The van der Waals surface area contributed by atoms with Crippen molar-refractivity contribution in [2.45, 2.75) is 25.9 Å². The first-order valence-corrected chi connectivity index (χ1v) is 5.27. The van der Waals surface area contributed by atoms with E-state index in [4.69, 9.17) is 5.11 Å². The standard InChI is InChI=1S/C12H19NO2/c1-9(2)11-5-3-4-6-12(11)13-7-10(15)8-14/h3-6,9-10,13-15H,7-8H2,1-2H3. The first-order chi connectivity index (χ1) is 7.15.